The van der Waals surface area contributed by atoms with Crippen molar-refractivity contribution in [2.75, 3.05) is 21.1 Å². The van der Waals surface area contributed by atoms with Gasteiger partial charge in [0.2, 0.25) is 0 Å². The molecule has 2 nitrogen and oxygen atoms in total. The van der Waals surface area contributed by atoms with Crippen LogP contribution in [0.1, 0.15) is 11.1 Å². The fourth-order valence-electron chi connectivity index (χ4n) is 1.37. The molecule has 14 heavy (non-hydrogen) atoms. The molecule has 0 bridgehead atoms. The lowest BCUT2D eigenvalue weighted by Gasteiger charge is -2.11. The van der Waals surface area contributed by atoms with Crippen LogP contribution in [0.2, 0.25) is 0 Å². The Balaban J connectivity index is 2.79. The molecule has 0 amide bonds. The maximum atomic E-state index is 13.5. The summed E-state index contributed by atoms with van der Waals surface area (Å²) < 4.78 is 13.5. The van der Waals surface area contributed by atoms with Crippen molar-refractivity contribution in [3.05, 3.63) is 35.1 Å². The van der Waals surface area contributed by atoms with E-state index in [4.69, 9.17) is 0 Å². The fraction of sp³-hybridized carbons (Fsp3) is 0.455. The first-order valence-electron chi connectivity index (χ1n) is 4.70. The molecule has 3 heteroatoms. The molecule has 78 valence electrons. The zero-order chi connectivity index (χ0) is 10.6. The van der Waals surface area contributed by atoms with E-state index in [1.807, 2.05) is 38.2 Å². The van der Waals surface area contributed by atoms with E-state index in [9.17, 15) is 4.39 Å². The summed E-state index contributed by atoms with van der Waals surface area (Å²) in [6, 6.07) is 5.40. The highest BCUT2D eigenvalue weighted by atomic mass is 19.1. The zero-order valence-electron chi connectivity index (χ0n) is 8.97. The number of nitrogens with one attached hydrogen (secondary N) is 1. The normalized spacial score (nSPS) is 10.9. The van der Waals surface area contributed by atoms with Crippen molar-refractivity contribution in [1.82, 2.24) is 10.2 Å². The standard InChI is InChI=1S/C11H17FN2/c1-13-7-9-4-5-10(8-14(2)3)11(12)6-9/h4-6,13H,7-8H2,1-3H3. The highest BCUT2D eigenvalue weighted by molar-refractivity contribution is 5.24. The second-order valence-corrected chi connectivity index (χ2v) is 3.69. The molecule has 1 aromatic carbocycles. The SMILES string of the molecule is CNCc1ccc(CN(C)C)c(F)c1. The van der Waals surface area contributed by atoms with Gasteiger partial charge in [0.25, 0.3) is 0 Å². The number of nitrogens with zero attached hydrogens (tertiary/aromatic N) is 1. The van der Waals surface area contributed by atoms with Crippen LogP contribution in [0.5, 0.6) is 0 Å². The smallest absolute Gasteiger partial charge is 0.128 e. The van der Waals surface area contributed by atoms with Crippen LogP contribution in [0.25, 0.3) is 0 Å². The minimum Gasteiger partial charge on any atom is -0.316 e. The average Bonchev–Trinajstić information content (AvgIpc) is 2.10. The van der Waals surface area contributed by atoms with Gasteiger partial charge >= 0.3 is 0 Å². The molecule has 0 atom stereocenters. The van der Waals surface area contributed by atoms with Gasteiger partial charge in [-0.05, 0) is 32.8 Å². The number of hydrogen-bond donors (Lipinski definition) is 1. The molecule has 0 spiro atoms. The van der Waals surface area contributed by atoms with Crippen LogP contribution in [0.4, 0.5) is 4.39 Å². The first-order chi connectivity index (χ1) is 6.63. The summed E-state index contributed by atoms with van der Waals surface area (Å²) >= 11 is 0. The van der Waals surface area contributed by atoms with Crippen LogP contribution < -0.4 is 5.32 Å². The van der Waals surface area contributed by atoms with E-state index in [1.54, 1.807) is 6.07 Å². The van der Waals surface area contributed by atoms with Gasteiger partial charge in [-0.1, -0.05) is 12.1 Å². The maximum absolute atomic E-state index is 13.5. The first kappa shape index (κ1) is 11.1. The Labute approximate surface area is 84.7 Å². The van der Waals surface area contributed by atoms with Crippen LogP contribution in [-0.4, -0.2) is 26.0 Å². The van der Waals surface area contributed by atoms with Gasteiger partial charge in [0.15, 0.2) is 0 Å². The number of rotatable bonds is 4. The van der Waals surface area contributed by atoms with Crippen LogP contribution in [-0.2, 0) is 13.1 Å². The van der Waals surface area contributed by atoms with E-state index in [2.05, 4.69) is 5.32 Å². The van der Waals surface area contributed by atoms with Crippen molar-refractivity contribution in [3.63, 3.8) is 0 Å². The van der Waals surface area contributed by atoms with E-state index in [-0.39, 0.29) is 5.82 Å². The van der Waals surface area contributed by atoms with Crippen LogP contribution in [0.15, 0.2) is 18.2 Å². The van der Waals surface area contributed by atoms with Gasteiger partial charge in [0.05, 0.1) is 0 Å². The predicted molar refractivity (Wildman–Crippen MR) is 56.6 cm³/mol. The largest absolute Gasteiger partial charge is 0.316 e. The molecule has 0 aliphatic rings. The molecule has 1 N–H and O–H groups in total. The van der Waals surface area contributed by atoms with E-state index >= 15 is 0 Å². The summed E-state index contributed by atoms with van der Waals surface area (Å²) in [6.07, 6.45) is 0. The Bertz CT molecular complexity index is 297. The Morgan fingerprint density at radius 1 is 1.36 bits per heavy atom. The third kappa shape index (κ3) is 3.09. The molecule has 0 aliphatic heterocycles. The summed E-state index contributed by atoms with van der Waals surface area (Å²) in [6.45, 7) is 1.35. The quantitative estimate of drug-likeness (QED) is 0.787. The van der Waals surface area contributed by atoms with Gasteiger partial charge in [0, 0.05) is 18.7 Å². The van der Waals surface area contributed by atoms with Gasteiger partial charge in [-0.15, -0.1) is 0 Å². The van der Waals surface area contributed by atoms with Gasteiger partial charge in [0.1, 0.15) is 5.82 Å². The fourth-order valence-corrected chi connectivity index (χ4v) is 1.37. The molecule has 0 unspecified atom stereocenters. The highest BCUT2D eigenvalue weighted by Crippen LogP contribution is 2.11. The lowest BCUT2D eigenvalue weighted by atomic mass is 10.1. The van der Waals surface area contributed by atoms with Gasteiger partial charge < -0.3 is 10.2 Å². The molecule has 0 heterocycles. The number of halogens is 1. The van der Waals surface area contributed by atoms with Crippen molar-refractivity contribution in [1.29, 1.82) is 0 Å². The van der Waals surface area contributed by atoms with Gasteiger partial charge in [-0.3, -0.25) is 0 Å². The van der Waals surface area contributed by atoms with E-state index in [0.717, 1.165) is 11.1 Å². The Hall–Kier alpha value is -0.930. The van der Waals surface area contributed by atoms with Crippen molar-refractivity contribution < 1.29 is 4.39 Å². The van der Waals surface area contributed by atoms with E-state index in [0.29, 0.717) is 13.1 Å². The molecular weight excluding hydrogens is 179 g/mol. The Morgan fingerprint density at radius 2 is 2.07 bits per heavy atom. The molecule has 0 saturated heterocycles. The maximum Gasteiger partial charge on any atom is 0.128 e. The highest BCUT2D eigenvalue weighted by Gasteiger charge is 2.03. The van der Waals surface area contributed by atoms with E-state index < -0.39 is 0 Å². The van der Waals surface area contributed by atoms with Crippen molar-refractivity contribution in [2.24, 2.45) is 0 Å². The molecule has 0 saturated carbocycles. The second kappa shape index (κ2) is 5.08. The van der Waals surface area contributed by atoms with Crippen LogP contribution in [0.3, 0.4) is 0 Å². The Kier molecular flexibility index (Phi) is 4.04. The van der Waals surface area contributed by atoms with Gasteiger partial charge in [-0.2, -0.15) is 0 Å². The minimum atomic E-state index is -0.119. The molecule has 0 fully saturated rings. The molecule has 0 aliphatic carbocycles. The Morgan fingerprint density at radius 3 is 2.57 bits per heavy atom. The second-order valence-electron chi connectivity index (χ2n) is 3.69. The molecule has 0 radical (unpaired) electrons. The number of benzene rings is 1. The average molecular weight is 196 g/mol. The summed E-state index contributed by atoms with van der Waals surface area (Å²) in [7, 11) is 5.72. The predicted octanol–water partition coefficient (Wildman–Crippen LogP) is 1.61. The third-order valence-corrected chi connectivity index (χ3v) is 1.98. The van der Waals surface area contributed by atoms with Crippen molar-refractivity contribution in [2.45, 2.75) is 13.1 Å². The van der Waals surface area contributed by atoms with Crippen molar-refractivity contribution in [3.8, 4) is 0 Å². The summed E-state index contributed by atoms with van der Waals surface area (Å²) in [4.78, 5) is 1.95. The topological polar surface area (TPSA) is 15.3 Å². The summed E-state index contributed by atoms with van der Waals surface area (Å²) in [5.74, 6) is -0.119. The monoisotopic (exact) mass is 196 g/mol. The third-order valence-electron chi connectivity index (χ3n) is 1.98. The lowest BCUT2D eigenvalue weighted by molar-refractivity contribution is 0.392. The minimum absolute atomic E-state index is 0.119. The molecule has 1 aromatic rings. The van der Waals surface area contributed by atoms with Crippen LogP contribution >= 0.6 is 0 Å². The molecule has 1 rings (SSSR count). The van der Waals surface area contributed by atoms with Gasteiger partial charge in [-0.25, -0.2) is 4.39 Å². The summed E-state index contributed by atoms with van der Waals surface area (Å²) in [5, 5.41) is 2.99. The summed E-state index contributed by atoms with van der Waals surface area (Å²) in [5.41, 5.74) is 1.72. The van der Waals surface area contributed by atoms with E-state index in [1.165, 1.54) is 0 Å². The zero-order valence-corrected chi connectivity index (χ0v) is 8.97. The number of hydrogen-bond acceptors (Lipinski definition) is 2. The lowest BCUT2D eigenvalue weighted by Crippen LogP contribution is -2.12. The van der Waals surface area contributed by atoms with Crippen molar-refractivity contribution >= 4 is 0 Å². The first-order valence-corrected chi connectivity index (χ1v) is 4.70. The molecular formula is C11H17FN2. The molecule has 0 aromatic heterocycles. The van der Waals surface area contributed by atoms with Crippen LogP contribution in [0, 0.1) is 5.82 Å².